The number of aromatic nitrogens is 4. The summed E-state index contributed by atoms with van der Waals surface area (Å²) >= 11 is 0. The molecule has 0 aliphatic carbocycles. The topological polar surface area (TPSA) is 60.9 Å². The summed E-state index contributed by atoms with van der Waals surface area (Å²) in [7, 11) is 2.24. The van der Waals surface area contributed by atoms with E-state index in [1.807, 2.05) is 26.1 Å². The van der Waals surface area contributed by atoms with Crippen molar-refractivity contribution in [2.45, 2.75) is 52.0 Å². The number of nitrogens with one attached hydrogen (secondary N) is 1. The smallest absolute Gasteiger partial charge is 0.156 e. The molecule has 2 aromatic rings. The highest BCUT2D eigenvalue weighted by atomic mass is 15.2. The van der Waals surface area contributed by atoms with Crippen molar-refractivity contribution in [3.8, 4) is 11.5 Å². The Morgan fingerprint density at radius 1 is 1.04 bits per heavy atom. The van der Waals surface area contributed by atoms with Crippen LogP contribution in [0.3, 0.4) is 0 Å². The molecule has 4 rings (SSSR count). The fourth-order valence-electron chi connectivity index (χ4n) is 4.53. The minimum absolute atomic E-state index is 0.695. The first-order chi connectivity index (χ1) is 13.1. The third-order valence-electron chi connectivity index (χ3n) is 6.17. The summed E-state index contributed by atoms with van der Waals surface area (Å²) in [6.07, 6.45) is 8.01. The molecule has 2 saturated heterocycles. The molecule has 27 heavy (non-hydrogen) atoms. The average molecular weight is 369 g/mol. The monoisotopic (exact) mass is 368 g/mol. The fraction of sp³-hybridized carbons (Fsp3) is 0.667. The zero-order chi connectivity index (χ0) is 18.8. The van der Waals surface area contributed by atoms with E-state index in [0.717, 1.165) is 41.2 Å². The van der Waals surface area contributed by atoms with Gasteiger partial charge in [-0.1, -0.05) is 0 Å². The highest BCUT2D eigenvalue weighted by Gasteiger charge is 2.27. The fourth-order valence-corrected chi connectivity index (χ4v) is 4.53. The van der Waals surface area contributed by atoms with Crippen LogP contribution in [0.1, 0.15) is 42.9 Å². The summed E-state index contributed by atoms with van der Waals surface area (Å²) < 4.78 is 0. The number of hydrogen-bond donors (Lipinski definition) is 1. The summed E-state index contributed by atoms with van der Waals surface area (Å²) in [6.45, 7) is 9.02. The molecule has 0 amide bonds. The van der Waals surface area contributed by atoms with Crippen molar-refractivity contribution in [2.24, 2.45) is 5.92 Å². The van der Waals surface area contributed by atoms with Crippen LogP contribution in [-0.2, 0) is 6.42 Å². The van der Waals surface area contributed by atoms with Gasteiger partial charge in [-0.2, -0.15) is 0 Å². The molecule has 2 fully saturated rings. The largest absolute Gasteiger partial charge is 0.341 e. The maximum absolute atomic E-state index is 4.80. The Balaban J connectivity index is 1.36. The van der Waals surface area contributed by atoms with Crippen LogP contribution >= 0.6 is 0 Å². The van der Waals surface area contributed by atoms with Gasteiger partial charge in [0, 0.05) is 30.0 Å². The first-order valence-electron chi connectivity index (χ1n) is 10.4. The molecule has 0 unspecified atom stereocenters. The predicted molar refractivity (Wildman–Crippen MR) is 108 cm³/mol. The molecule has 0 bridgehead atoms. The van der Waals surface area contributed by atoms with Gasteiger partial charge in [0.1, 0.15) is 11.5 Å². The third kappa shape index (κ3) is 4.55. The lowest BCUT2D eigenvalue weighted by atomic mass is 9.91. The standard InChI is InChI=1S/C21H32N6/c1-15-12-19(21-22-14-16(2)24-21)25-20(23-15)13-17-4-10-27(11-5-17)18-6-8-26(3)9-7-18/h12,14,17-18H,4-11,13H2,1-3H3,(H,22,24). The molecule has 0 radical (unpaired) electrons. The Morgan fingerprint density at radius 2 is 1.78 bits per heavy atom. The molecule has 2 aromatic heterocycles. The molecular formula is C21H32N6. The van der Waals surface area contributed by atoms with E-state index >= 15 is 0 Å². The number of rotatable bonds is 4. The lowest BCUT2D eigenvalue weighted by molar-refractivity contribution is 0.0851. The Labute approximate surface area is 162 Å². The highest BCUT2D eigenvalue weighted by molar-refractivity contribution is 5.49. The summed E-state index contributed by atoms with van der Waals surface area (Å²) in [5, 5.41) is 0. The second-order valence-electron chi connectivity index (χ2n) is 8.44. The van der Waals surface area contributed by atoms with Gasteiger partial charge in [0.2, 0.25) is 0 Å². The van der Waals surface area contributed by atoms with Gasteiger partial charge in [0.05, 0.1) is 0 Å². The zero-order valence-electron chi connectivity index (χ0n) is 16.9. The Kier molecular flexibility index (Phi) is 5.55. The second kappa shape index (κ2) is 8.07. The van der Waals surface area contributed by atoms with Crippen LogP contribution in [0.2, 0.25) is 0 Å². The molecule has 2 aliphatic heterocycles. The van der Waals surface area contributed by atoms with Gasteiger partial charge in [-0.3, -0.25) is 0 Å². The number of aromatic amines is 1. The van der Waals surface area contributed by atoms with Crippen molar-refractivity contribution in [3.05, 3.63) is 29.5 Å². The molecular weight excluding hydrogens is 336 g/mol. The number of nitrogens with zero attached hydrogens (tertiary/aromatic N) is 5. The van der Waals surface area contributed by atoms with E-state index in [1.165, 1.54) is 51.9 Å². The first kappa shape index (κ1) is 18.6. The van der Waals surface area contributed by atoms with Gasteiger partial charge in [0.25, 0.3) is 0 Å². The summed E-state index contributed by atoms with van der Waals surface area (Å²) in [5.41, 5.74) is 2.99. The van der Waals surface area contributed by atoms with Crippen molar-refractivity contribution < 1.29 is 0 Å². The van der Waals surface area contributed by atoms with Gasteiger partial charge >= 0.3 is 0 Å². The van der Waals surface area contributed by atoms with E-state index in [-0.39, 0.29) is 0 Å². The summed E-state index contributed by atoms with van der Waals surface area (Å²) in [5.74, 6) is 2.51. The van der Waals surface area contributed by atoms with Crippen molar-refractivity contribution in [2.75, 3.05) is 33.2 Å². The zero-order valence-corrected chi connectivity index (χ0v) is 16.9. The van der Waals surface area contributed by atoms with Crippen LogP contribution in [0, 0.1) is 19.8 Å². The molecule has 4 heterocycles. The Morgan fingerprint density at radius 3 is 2.44 bits per heavy atom. The maximum atomic E-state index is 4.80. The Hall–Kier alpha value is -1.79. The van der Waals surface area contributed by atoms with E-state index in [4.69, 9.17) is 9.97 Å². The SMILES string of the molecule is Cc1cc(-c2ncc(C)[nH]2)nc(CC2CCN(C3CCN(C)CC3)CC2)n1. The molecule has 0 aromatic carbocycles. The number of imidazole rings is 1. The second-order valence-corrected chi connectivity index (χ2v) is 8.44. The average Bonchev–Trinajstić information content (AvgIpc) is 3.09. The Bertz CT molecular complexity index is 754. The summed E-state index contributed by atoms with van der Waals surface area (Å²) in [4.78, 5) is 22.4. The van der Waals surface area contributed by atoms with Crippen molar-refractivity contribution >= 4 is 0 Å². The van der Waals surface area contributed by atoms with E-state index < -0.39 is 0 Å². The van der Waals surface area contributed by atoms with Crippen LogP contribution in [-0.4, -0.2) is 69.0 Å². The van der Waals surface area contributed by atoms with E-state index in [0.29, 0.717) is 5.92 Å². The molecule has 0 atom stereocenters. The van der Waals surface area contributed by atoms with Crippen LogP contribution in [0.5, 0.6) is 0 Å². The lowest BCUT2D eigenvalue weighted by Gasteiger charge is -2.41. The van der Waals surface area contributed by atoms with E-state index in [1.54, 1.807) is 0 Å². The van der Waals surface area contributed by atoms with Crippen LogP contribution in [0.15, 0.2) is 12.3 Å². The van der Waals surface area contributed by atoms with Gasteiger partial charge in [-0.15, -0.1) is 0 Å². The number of aryl methyl sites for hydroxylation is 2. The van der Waals surface area contributed by atoms with Gasteiger partial charge in [-0.05, 0) is 84.7 Å². The molecule has 146 valence electrons. The molecule has 6 nitrogen and oxygen atoms in total. The number of likely N-dealkylation sites (tertiary alicyclic amines) is 2. The van der Waals surface area contributed by atoms with Crippen LogP contribution in [0.4, 0.5) is 0 Å². The lowest BCUT2D eigenvalue weighted by Crippen LogP contribution is -2.47. The predicted octanol–water partition coefficient (Wildman–Crippen LogP) is 2.83. The molecule has 6 heteroatoms. The van der Waals surface area contributed by atoms with Gasteiger partial charge in [0.15, 0.2) is 5.82 Å². The number of hydrogen-bond acceptors (Lipinski definition) is 5. The van der Waals surface area contributed by atoms with E-state index in [9.17, 15) is 0 Å². The quantitative estimate of drug-likeness (QED) is 0.899. The summed E-state index contributed by atoms with van der Waals surface area (Å²) in [6, 6.07) is 2.82. The van der Waals surface area contributed by atoms with Gasteiger partial charge < -0.3 is 14.8 Å². The van der Waals surface area contributed by atoms with Gasteiger partial charge in [-0.25, -0.2) is 15.0 Å². The van der Waals surface area contributed by atoms with Crippen LogP contribution in [0.25, 0.3) is 11.5 Å². The molecule has 1 N–H and O–H groups in total. The first-order valence-corrected chi connectivity index (χ1v) is 10.4. The van der Waals surface area contributed by atoms with E-state index in [2.05, 4.69) is 26.8 Å². The van der Waals surface area contributed by atoms with Crippen molar-refractivity contribution in [3.63, 3.8) is 0 Å². The molecule has 0 saturated carbocycles. The highest BCUT2D eigenvalue weighted by Crippen LogP contribution is 2.26. The van der Waals surface area contributed by atoms with Crippen LogP contribution < -0.4 is 0 Å². The number of H-pyrrole nitrogens is 1. The molecule has 2 aliphatic rings. The minimum Gasteiger partial charge on any atom is -0.341 e. The normalized spacial score (nSPS) is 21.0. The maximum Gasteiger partial charge on any atom is 0.156 e. The van der Waals surface area contributed by atoms with Crippen molar-refractivity contribution in [1.29, 1.82) is 0 Å². The number of piperidine rings is 2. The molecule has 0 spiro atoms. The van der Waals surface area contributed by atoms with Crippen molar-refractivity contribution in [1.82, 2.24) is 29.7 Å². The third-order valence-corrected chi connectivity index (χ3v) is 6.17. The minimum atomic E-state index is 0.695.